The third kappa shape index (κ3) is 3.39. The van der Waals surface area contributed by atoms with Gasteiger partial charge < -0.3 is 15.2 Å². The molecule has 5 nitrogen and oxygen atoms in total. The van der Waals surface area contributed by atoms with Crippen molar-refractivity contribution in [3.05, 3.63) is 18.2 Å². The fraction of sp³-hybridized carbons (Fsp3) is 0.538. The minimum Gasteiger partial charge on any atom is -0.497 e. The van der Waals surface area contributed by atoms with E-state index in [2.05, 4.69) is 0 Å². The van der Waals surface area contributed by atoms with E-state index in [0.29, 0.717) is 19.0 Å². The van der Waals surface area contributed by atoms with Crippen LogP contribution in [0.3, 0.4) is 0 Å². The summed E-state index contributed by atoms with van der Waals surface area (Å²) in [6.07, 6.45) is 1.56. The van der Waals surface area contributed by atoms with Crippen LogP contribution < -0.4 is 10.5 Å². The molecule has 0 spiro atoms. The first-order valence-corrected chi connectivity index (χ1v) is 7.92. The Hall–Kier alpha value is -1.27. The van der Waals surface area contributed by atoms with Gasteiger partial charge in [-0.3, -0.25) is 0 Å². The molecule has 0 saturated carbocycles. The Kier molecular flexibility index (Phi) is 4.31. The molecule has 1 aliphatic heterocycles. The van der Waals surface area contributed by atoms with E-state index in [1.807, 2.05) is 0 Å². The van der Waals surface area contributed by atoms with Crippen LogP contribution in [0.2, 0.25) is 0 Å². The van der Waals surface area contributed by atoms with Crippen LogP contribution in [0.25, 0.3) is 0 Å². The summed E-state index contributed by atoms with van der Waals surface area (Å²) in [5, 5.41) is 0. The summed E-state index contributed by atoms with van der Waals surface area (Å²) < 4.78 is 35.1. The maximum atomic E-state index is 12.4. The van der Waals surface area contributed by atoms with Gasteiger partial charge in [-0.1, -0.05) is 0 Å². The zero-order chi connectivity index (χ0) is 13.9. The predicted molar refractivity (Wildman–Crippen MR) is 73.0 cm³/mol. The highest BCUT2D eigenvalue weighted by Gasteiger charge is 2.25. The molecule has 1 saturated heterocycles. The van der Waals surface area contributed by atoms with Crippen molar-refractivity contribution in [1.29, 1.82) is 0 Å². The number of nitrogens with two attached hydrogens (primary N) is 1. The first-order chi connectivity index (χ1) is 9.03. The van der Waals surface area contributed by atoms with E-state index in [9.17, 15) is 8.42 Å². The van der Waals surface area contributed by atoms with Crippen LogP contribution in [-0.2, 0) is 14.6 Å². The Balaban J connectivity index is 2.23. The topological polar surface area (TPSA) is 78.6 Å². The number of nitrogen functional groups attached to an aromatic ring is 1. The van der Waals surface area contributed by atoms with Crippen molar-refractivity contribution >= 4 is 15.5 Å². The molecule has 1 aliphatic rings. The average Bonchev–Trinajstić information content (AvgIpc) is 2.39. The molecule has 2 N–H and O–H groups in total. The fourth-order valence-electron chi connectivity index (χ4n) is 2.22. The van der Waals surface area contributed by atoms with Gasteiger partial charge in [-0.05, 0) is 30.9 Å². The first-order valence-electron chi connectivity index (χ1n) is 6.27. The van der Waals surface area contributed by atoms with Gasteiger partial charge in [0.2, 0.25) is 0 Å². The molecule has 0 bridgehead atoms. The Morgan fingerprint density at radius 1 is 1.37 bits per heavy atom. The highest BCUT2D eigenvalue weighted by molar-refractivity contribution is 7.91. The number of ether oxygens (including phenoxy) is 2. The van der Waals surface area contributed by atoms with Crippen molar-refractivity contribution in [3.8, 4) is 5.75 Å². The largest absolute Gasteiger partial charge is 0.497 e. The summed E-state index contributed by atoms with van der Waals surface area (Å²) in [5.74, 6) is 0.761. The number of anilines is 1. The van der Waals surface area contributed by atoms with Crippen molar-refractivity contribution in [3.63, 3.8) is 0 Å². The molecule has 1 aromatic rings. The lowest BCUT2D eigenvalue weighted by Crippen LogP contribution is -2.24. The van der Waals surface area contributed by atoms with E-state index < -0.39 is 9.84 Å². The molecule has 0 aliphatic carbocycles. The molecule has 19 heavy (non-hydrogen) atoms. The fourth-order valence-corrected chi connectivity index (χ4v) is 4.08. The molecule has 1 aromatic carbocycles. The molecule has 6 heteroatoms. The number of rotatable bonds is 4. The minimum absolute atomic E-state index is 0.119. The van der Waals surface area contributed by atoms with E-state index in [4.69, 9.17) is 15.2 Å². The number of methoxy groups -OCH3 is 1. The normalized spacial score (nSPS) is 17.3. The first kappa shape index (κ1) is 14.1. The zero-order valence-corrected chi connectivity index (χ0v) is 11.8. The Bertz CT molecular complexity index is 536. The molecule has 0 amide bonds. The van der Waals surface area contributed by atoms with Crippen LogP contribution in [0.4, 0.5) is 5.69 Å². The van der Waals surface area contributed by atoms with Gasteiger partial charge in [0, 0.05) is 19.3 Å². The summed E-state index contributed by atoms with van der Waals surface area (Å²) >= 11 is 0. The SMILES string of the molecule is COc1ccc(N)c(S(=O)(=O)CC2CCOCC2)c1. The molecule has 0 radical (unpaired) electrons. The third-order valence-corrected chi connectivity index (χ3v) is 5.29. The van der Waals surface area contributed by atoms with Gasteiger partial charge in [0.05, 0.1) is 23.4 Å². The summed E-state index contributed by atoms with van der Waals surface area (Å²) in [6.45, 7) is 1.27. The smallest absolute Gasteiger partial charge is 0.180 e. The van der Waals surface area contributed by atoms with E-state index in [1.54, 1.807) is 12.1 Å². The molecular weight excluding hydrogens is 266 g/mol. The highest BCUT2D eigenvalue weighted by atomic mass is 32.2. The zero-order valence-electron chi connectivity index (χ0n) is 11.0. The number of hydrogen-bond donors (Lipinski definition) is 1. The number of sulfone groups is 1. The molecule has 0 aromatic heterocycles. The minimum atomic E-state index is -3.38. The Labute approximate surface area is 113 Å². The third-order valence-electron chi connectivity index (χ3n) is 3.35. The second-order valence-corrected chi connectivity index (χ2v) is 6.74. The van der Waals surface area contributed by atoms with Crippen molar-refractivity contribution in [1.82, 2.24) is 0 Å². The van der Waals surface area contributed by atoms with Crippen molar-refractivity contribution in [2.24, 2.45) is 5.92 Å². The van der Waals surface area contributed by atoms with E-state index in [1.165, 1.54) is 13.2 Å². The molecule has 106 valence electrons. The van der Waals surface area contributed by atoms with Gasteiger partial charge in [0.15, 0.2) is 9.84 Å². The van der Waals surface area contributed by atoms with Crippen molar-refractivity contribution < 1.29 is 17.9 Å². The van der Waals surface area contributed by atoms with Crippen molar-refractivity contribution in [2.45, 2.75) is 17.7 Å². The molecule has 2 rings (SSSR count). The van der Waals surface area contributed by atoms with Gasteiger partial charge in [-0.25, -0.2) is 8.42 Å². The summed E-state index contributed by atoms with van der Waals surface area (Å²) in [4.78, 5) is 0.165. The quantitative estimate of drug-likeness (QED) is 0.848. The van der Waals surface area contributed by atoms with Gasteiger partial charge in [-0.15, -0.1) is 0 Å². The van der Waals surface area contributed by atoms with Crippen LogP contribution in [0.1, 0.15) is 12.8 Å². The lowest BCUT2D eigenvalue weighted by atomic mass is 10.0. The summed E-state index contributed by atoms with van der Waals surface area (Å²) in [7, 11) is -1.88. The molecule has 0 unspecified atom stereocenters. The van der Waals surface area contributed by atoms with E-state index in [0.717, 1.165) is 12.8 Å². The second-order valence-electron chi connectivity index (χ2n) is 4.74. The number of hydrogen-bond acceptors (Lipinski definition) is 5. The van der Waals surface area contributed by atoms with Crippen LogP contribution in [0.15, 0.2) is 23.1 Å². The van der Waals surface area contributed by atoms with Gasteiger partial charge in [0.1, 0.15) is 5.75 Å². The monoisotopic (exact) mass is 285 g/mol. The van der Waals surface area contributed by atoms with Gasteiger partial charge >= 0.3 is 0 Å². The maximum absolute atomic E-state index is 12.4. The van der Waals surface area contributed by atoms with E-state index in [-0.39, 0.29) is 22.3 Å². The summed E-state index contributed by atoms with van der Waals surface area (Å²) in [6, 6.07) is 4.71. The lowest BCUT2D eigenvalue weighted by molar-refractivity contribution is 0.0723. The van der Waals surface area contributed by atoms with Crippen LogP contribution in [-0.4, -0.2) is 34.5 Å². The van der Waals surface area contributed by atoms with E-state index >= 15 is 0 Å². The summed E-state index contributed by atoms with van der Waals surface area (Å²) in [5.41, 5.74) is 6.05. The molecular formula is C13H19NO4S. The van der Waals surface area contributed by atoms with Crippen LogP contribution >= 0.6 is 0 Å². The second kappa shape index (κ2) is 5.79. The standard InChI is InChI=1S/C13H19NO4S/c1-17-11-2-3-12(14)13(8-11)19(15,16)9-10-4-6-18-7-5-10/h2-3,8,10H,4-7,9,14H2,1H3. The molecule has 1 heterocycles. The molecule has 1 fully saturated rings. The lowest BCUT2D eigenvalue weighted by Gasteiger charge is -2.22. The Morgan fingerprint density at radius 3 is 2.68 bits per heavy atom. The number of benzene rings is 1. The Morgan fingerprint density at radius 2 is 2.05 bits per heavy atom. The van der Waals surface area contributed by atoms with Crippen molar-refractivity contribution in [2.75, 3.05) is 31.8 Å². The van der Waals surface area contributed by atoms with Crippen LogP contribution in [0, 0.1) is 5.92 Å². The average molecular weight is 285 g/mol. The maximum Gasteiger partial charge on any atom is 0.180 e. The van der Waals surface area contributed by atoms with Gasteiger partial charge in [0.25, 0.3) is 0 Å². The molecule has 0 atom stereocenters. The highest BCUT2D eigenvalue weighted by Crippen LogP contribution is 2.28. The van der Waals surface area contributed by atoms with Gasteiger partial charge in [-0.2, -0.15) is 0 Å². The van der Waals surface area contributed by atoms with Crippen LogP contribution in [0.5, 0.6) is 5.75 Å². The predicted octanol–water partition coefficient (Wildman–Crippen LogP) is 1.48.